The third-order valence-electron chi connectivity index (χ3n) is 1.56. The number of methoxy groups -OCH3 is 1. The molecule has 0 aromatic carbocycles. The second-order valence-corrected chi connectivity index (χ2v) is 6.33. The summed E-state index contributed by atoms with van der Waals surface area (Å²) in [5.74, 6) is -1.38. The maximum absolute atomic E-state index is 12.1. The molecule has 1 aromatic rings. The quantitative estimate of drug-likeness (QED) is 0.430. The molecule has 0 atom stereocenters. The highest BCUT2D eigenvalue weighted by atomic mass is 127. The molecule has 0 N–H and O–H groups in total. The maximum atomic E-state index is 12.1. The average molecular weight is 418 g/mol. The van der Waals surface area contributed by atoms with Gasteiger partial charge in [0, 0.05) is 16.7 Å². The minimum absolute atomic E-state index is 0.131. The SMILES string of the molecule is COc1nc(I)c(S(=O)(=O)Cl)cc1OC(F)(F)F. The van der Waals surface area contributed by atoms with Gasteiger partial charge in [-0.25, -0.2) is 13.4 Å². The molecule has 102 valence electrons. The molecule has 0 aliphatic heterocycles. The van der Waals surface area contributed by atoms with Gasteiger partial charge < -0.3 is 9.47 Å². The second-order valence-electron chi connectivity index (χ2n) is 2.77. The molecular weight excluding hydrogens is 413 g/mol. The number of alkyl halides is 3. The van der Waals surface area contributed by atoms with Gasteiger partial charge in [0.2, 0.25) is 0 Å². The number of nitrogens with zero attached hydrogens (tertiary/aromatic N) is 1. The molecule has 11 heteroatoms. The lowest BCUT2D eigenvalue weighted by Crippen LogP contribution is -2.18. The van der Waals surface area contributed by atoms with Gasteiger partial charge in [-0.1, -0.05) is 0 Å². The zero-order valence-electron chi connectivity index (χ0n) is 8.46. The molecule has 5 nitrogen and oxygen atoms in total. The van der Waals surface area contributed by atoms with Gasteiger partial charge in [0.15, 0.2) is 5.75 Å². The monoisotopic (exact) mass is 417 g/mol. The van der Waals surface area contributed by atoms with Crippen LogP contribution in [-0.2, 0) is 9.05 Å². The minimum atomic E-state index is -5.00. The van der Waals surface area contributed by atoms with Crippen LogP contribution in [0, 0.1) is 3.70 Å². The van der Waals surface area contributed by atoms with Crippen LogP contribution in [-0.4, -0.2) is 26.9 Å². The summed E-state index contributed by atoms with van der Waals surface area (Å²) in [4.78, 5) is 2.93. The topological polar surface area (TPSA) is 65.5 Å². The zero-order valence-corrected chi connectivity index (χ0v) is 12.2. The molecule has 0 bridgehead atoms. The highest BCUT2D eigenvalue weighted by molar-refractivity contribution is 14.1. The molecule has 0 aliphatic carbocycles. The van der Waals surface area contributed by atoms with Gasteiger partial charge in [0.25, 0.3) is 14.9 Å². The molecule has 1 rings (SSSR count). The number of hydrogen-bond donors (Lipinski definition) is 0. The van der Waals surface area contributed by atoms with Crippen molar-refractivity contribution in [3.63, 3.8) is 0 Å². The van der Waals surface area contributed by atoms with E-state index in [1.54, 1.807) is 0 Å². The van der Waals surface area contributed by atoms with Gasteiger partial charge in [0.1, 0.15) is 8.60 Å². The third-order valence-corrected chi connectivity index (χ3v) is 4.08. The summed E-state index contributed by atoms with van der Waals surface area (Å²) >= 11 is 1.50. The molecule has 0 spiro atoms. The second kappa shape index (κ2) is 5.25. The Hall–Kier alpha value is -0.490. The van der Waals surface area contributed by atoms with Gasteiger partial charge in [-0.05, 0) is 22.6 Å². The van der Waals surface area contributed by atoms with Crippen molar-refractivity contribution in [2.24, 2.45) is 0 Å². The first-order chi connectivity index (χ1) is 8.04. The van der Waals surface area contributed by atoms with Gasteiger partial charge in [-0.15, -0.1) is 13.2 Å². The Morgan fingerprint density at radius 2 is 2.00 bits per heavy atom. The highest BCUT2D eigenvalue weighted by Gasteiger charge is 2.34. The molecule has 18 heavy (non-hydrogen) atoms. The lowest BCUT2D eigenvalue weighted by molar-refractivity contribution is -0.275. The van der Waals surface area contributed by atoms with Crippen LogP contribution in [0.1, 0.15) is 0 Å². The molecule has 0 saturated carbocycles. The summed E-state index contributed by atoms with van der Waals surface area (Å²) in [7, 11) is 1.88. The highest BCUT2D eigenvalue weighted by Crippen LogP contribution is 2.35. The summed E-state index contributed by atoms with van der Waals surface area (Å²) in [6.45, 7) is 0. The van der Waals surface area contributed by atoms with E-state index in [9.17, 15) is 21.6 Å². The number of ether oxygens (including phenoxy) is 2. The zero-order chi connectivity index (χ0) is 14.1. The molecule has 1 aromatic heterocycles. The van der Waals surface area contributed by atoms with Crippen molar-refractivity contribution in [3.05, 3.63) is 9.77 Å². The van der Waals surface area contributed by atoms with Gasteiger partial charge in [-0.3, -0.25) is 0 Å². The molecule has 0 amide bonds. The van der Waals surface area contributed by atoms with Crippen LogP contribution < -0.4 is 9.47 Å². The Balaban J connectivity index is 3.41. The minimum Gasteiger partial charge on any atom is -0.478 e. The van der Waals surface area contributed by atoms with E-state index in [0.29, 0.717) is 6.07 Å². The number of hydrogen-bond acceptors (Lipinski definition) is 5. The van der Waals surface area contributed by atoms with E-state index in [1.807, 2.05) is 0 Å². The summed E-state index contributed by atoms with van der Waals surface area (Å²) < 4.78 is 66.5. The van der Waals surface area contributed by atoms with Gasteiger partial charge >= 0.3 is 6.36 Å². The lowest BCUT2D eigenvalue weighted by Gasteiger charge is -2.13. The van der Waals surface area contributed by atoms with Crippen LogP contribution in [0.15, 0.2) is 11.0 Å². The molecule has 0 fully saturated rings. The first-order valence-corrected chi connectivity index (χ1v) is 7.38. The van der Waals surface area contributed by atoms with Crippen LogP contribution in [0.4, 0.5) is 13.2 Å². The van der Waals surface area contributed by atoms with Crippen molar-refractivity contribution in [1.82, 2.24) is 4.98 Å². The Morgan fingerprint density at radius 3 is 2.39 bits per heavy atom. The average Bonchev–Trinajstić information content (AvgIpc) is 2.16. The standard InChI is InChI=1S/C7H4ClF3INO4S/c1-16-6-3(17-7(9,10)11)2-4(5(12)13-6)18(8,14)15/h2H,1H3. The molecule has 0 aliphatic rings. The number of aromatic nitrogens is 1. The Kier molecular flexibility index (Phi) is 4.54. The summed E-state index contributed by atoms with van der Waals surface area (Å²) in [6, 6.07) is 0.601. The van der Waals surface area contributed by atoms with Crippen molar-refractivity contribution in [3.8, 4) is 11.6 Å². The van der Waals surface area contributed by atoms with Crippen molar-refractivity contribution in [2.75, 3.05) is 7.11 Å². The van der Waals surface area contributed by atoms with Crippen LogP contribution in [0.2, 0.25) is 0 Å². The van der Waals surface area contributed by atoms with Crippen molar-refractivity contribution in [1.29, 1.82) is 0 Å². The van der Waals surface area contributed by atoms with Crippen LogP contribution in [0.3, 0.4) is 0 Å². The summed E-state index contributed by atoms with van der Waals surface area (Å²) in [6.07, 6.45) is -5.00. The fourth-order valence-corrected chi connectivity index (χ4v) is 3.44. The van der Waals surface area contributed by atoms with E-state index < -0.39 is 31.9 Å². The van der Waals surface area contributed by atoms with E-state index in [1.165, 1.54) is 22.6 Å². The van der Waals surface area contributed by atoms with E-state index in [2.05, 4.69) is 14.5 Å². The smallest absolute Gasteiger partial charge is 0.478 e. The van der Waals surface area contributed by atoms with E-state index in [4.69, 9.17) is 10.7 Å². The molecule has 1 heterocycles. The predicted octanol–water partition coefficient (Wildman–Crippen LogP) is 2.52. The normalized spacial score (nSPS) is 12.3. The fraction of sp³-hybridized carbons (Fsp3) is 0.286. The molecule has 0 radical (unpaired) electrons. The van der Waals surface area contributed by atoms with Gasteiger partial charge in [0.05, 0.1) is 7.11 Å². The van der Waals surface area contributed by atoms with Crippen molar-refractivity contribution < 1.29 is 31.1 Å². The largest absolute Gasteiger partial charge is 0.573 e. The first kappa shape index (κ1) is 15.6. The van der Waals surface area contributed by atoms with Gasteiger partial charge in [-0.2, -0.15) is 0 Å². The lowest BCUT2D eigenvalue weighted by atomic mass is 10.4. The number of halogens is 5. The number of pyridine rings is 1. The van der Waals surface area contributed by atoms with E-state index in [0.717, 1.165) is 7.11 Å². The molecule has 0 saturated heterocycles. The maximum Gasteiger partial charge on any atom is 0.573 e. The summed E-state index contributed by atoms with van der Waals surface area (Å²) in [5.41, 5.74) is 0. The fourth-order valence-electron chi connectivity index (χ4n) is 0.955. The van der Waals surface area contributed by atoms with Crippen molar-refractivity contribution >= 4 is 42.3 Å². The van der Waals surface area contributed by atoms with Crippen LogP contribution >= 0.6 is 33.3 Å². The first-order valence-electron chi connectivity index (χ1n) is 3.99. The summed E-state index contributed by atoms with van der Waals surface area (Å²) in [5, 5.41) is 0. The Bertz CT molecular complexity index is 563. The Morgan fingerprint density at radius 1 is 1.44 bits per heavy atom. The third kappa shape index (κ3) is 4.02. The molecular formula is C7H4ClF3INO4S. The van der Waals surface area contributed by atoms with Crippen LogP contribution in [0.25, 0.3) is 0 Å². The predicted molar refractivity (Wildman–Crippen MR) is 63.2 cm³/mol. The van der Waals surface area contributed by atoms with Crippen molar-refractivity contribution in [2.45, 2.75) is 11.3 Å². The van der Waals surface area contributed by atoms with E-state index >= 15 is 0 Å². The van der Waals surface area contributed by atoms with E-state index in [-0.39, 0.29) is 3.70 Å². The number of rotatable bonds is 3. The Labute approximate surface area is 118 Å². The molecule has 0 unspecified atom stereocenters. The van der Waals surface area contributed by atoms with Crippen LogP contribution in [0.5, 0.6) is 11.6 Å².